The number of carbonyl (C=O) groups is 1. The van der Waals surface area contributed by atoms with Crippen molar-refractivity contribution in [3.63, 3.8) is 0 Å². The molecule has 1 saturated heterocycles. The second-order valence-corrected chi connectivity index (χ2v) is 8.28. The van der Waals surface area contributed by atoms with Gasteiger partial charge in [0.05, 0.1) is 12.0 Å². The van der Waals surface area contributed by atoms with Gasteiger partial charge >= 0.3 is 0 Å². The number of hydrogen-bond acceptors (Lipinski definition) is 5. The van der Waals surface area contributed by atoms with Gasteiger partial charge in [0.25, 0.3) is 0 Å². The Morgan fingerprint density at radius 1 is 1.27 bits per heavy atom. The fraction of sp³-hybridized carbons (Fsp3) is 0.588. The van der Waals surface area contributed by atoms with Crippen LogP contribution in [0.15, 0.2) is 29.2 Å². The summed E-state index contributed by atoms with van der Waals surface area (Å²) in [6, 6.07) is 5.28. The first kappa shape index (κ1) is 22.7. The van der Waals surface area contributed by atoms with Gasteiger partial charge in [-0.1, -0.05) is 13.8 Å². The predicted molar refractivity (Wildman–Crippen MR) is 103 cm³/mol. The molecule has 2 rings (SSSR count). The minimum atomic E-state index is -3.80. The molecule has 0 saturated carbocycles. The summed E-state index contributed by atoms with van der Waals surface area (Å²) in [7, 11) is -2.28. The molecule has 1 aromatic carbocycles. The van der Waals surface area contributed by atoms with Crippen molar-refractivity contribution in [3.05, 3.63) is 24.3 Å². The monoisotopic (exact) mass is 405 g/mol. The van der Waals surface area contributed by atoms with Gasteiger partial charge in [0, 0.05) is 12.6 Å². The minimum absolute atomic E-state index is 0. The van der Waals surface area contributed by atoms with Gasteiger partial charge in [0.15, 0.2) is 0 Å². The third-order valence-corrected chi connectivity index (χ3v) is 5.70. The Labute approximate surface area is 161 Å². The summed E-state index contributed by atoms with van der Waals surface area (Å²) in [4.78, 5) is 12.7. The topological polar surface area (TPSA) is 96.5 Å². The third-order valence-electron chi connectivity index (χ3n) is 4.24. The first-order chi connectivity index (χ1) is 11.8. The molecule has 0 radical (unpaired) electrons. The molecule has 1 amide bonds. The van der Waals surface area contributed by atoms with Crippen LogP contribution in [-0.2, 0) is 14.8 Å². The Morgan fingerprint density at radius 2 is 1.92 bits per heavy atom. The molecular weight excluding hydrogens is 378 g/mol. The lowest BCUT2D eigenvalue weighted by Crippen LogP contribution is -2.54. The van der Waals surface area contributed by atoms with Crippen molar-refractivity contribution in [2.75, 3.05) is 20.2 Å². The van der Waals surface area contributed by atoms with Crippen LogP contribution in [0, 0.1) is 5.92 Å². The average molecular weight is 406 g/mol. The summed E-state index contributed by atoms with van der Waals surface area (Å²) in [5.74, 6) is 0.104. The van der Waals surface area contributed by atoms with Gasteiger partial charge in [-0.15, -0.1) is 12.4 Å². The lowest BCUT2D eigenvalue weighted by molar-refractivity contribution is -0.124. The summed E-state index contributed by atoms with van der Waals surface area (Å²) in [6.07, 6.45) is 1.89. The van der Waals surface area contributed by atoms with Crippen molar-refractivity contribution in [1.29, 1.82) is 0 Å². The van der Waals surface area contributed by atoms with Gasteiger partial charge in [-0.3, -0.25) is 4.79 Å². The van der Waals surface area contributed by atoms with Crippen molar-refractivity contribution in [2.45, 2.75) is 43.7 Å². The van der Waals surface area contributed by atoms with E-state index in [1.165, 1.54) is 19.2 Å². The van der Waals surface area contributed by atoms with Crippen molar-refractivity contribution in [2.24, 2.45) is 5.92 Å². The minimum Gasteiger partial charge on any atom is -0.497 e. The lowest BCUT2D eigenvalue weighted by Gasteiger charge is -2.28. The fourth-order valence-electron chi connectivity index (χ4n) is 2.75. The van der Waals surface area contributed by atoms with E-state index in [4.69, 9.17) is 4.74 Å². The van der Waals surface area contributed by atoms with E-state index in [1.807, 2.05) is 13.8 Å². The van der Waals surface area contributed by atoms with E-state index in [1.54, 1.807) is 12.1 Å². The summed E-state index contributed by atoms with van der Waals surface area (Å²) >= 11 is 0. The van der Waals surface area contributed by atoms with E-state index >= 15 is 0 Å². The normalized spacial score (nSPS) is 18.7. The number of hydrogen-bond donors (Lipinski definition) is 3. The van der Waals surface area contributed by atoms with E-state index in [2.05, 4.69) is 15.4 Å². The summed E-state index contributed by atoms with van der Waals surface area (Å²) in [5, 5.41) is 6.17. The molecule has 9 heteroatoms. The number of methoxy groups -OCH3 is 1. The molecule has 1 aliphatic rings. The maximum atomic E-state index is 12.6. The molecule has 0 aromatic heterocycles. The zero-order chi connectivity index (χ0) is 18.4. The first-order valence-electron chi connectivity index (χ1n) is 8.51. The average Bonchev–Trinajstić information content (AvgIpc) is 2.60. The summed E-state index contributed by atoms with van der Waals surface area (Å²) < 4.78 is 32.8. The number of amides is 1. The summed E-state index contributed by atoms with van der Waals surface area (Å²) in [6.45, 7) is 5.30. The Morgan fingerprint density at radius 3 is 2.42 bits per heavy atom. The van der Waals surface area contributed by atoms with E-state index in [-0.39, 0.29) is 35.2 Å². The maximum absolute atomic E-state index is 12.6. The highest BCUT2D eigenvalue weighted by atomic mass is 35.5. The van der Waals surface area contributed by atoms with Crippen molar-refractivity contribution in [3.8, 4) is 5.75 Å². The van der Waals surface area contributed by atoms with E-state index in [0.717, 1.165) is 19.4 Å². The number of ether oxygens (including phenoxy) is 1. The predicted octanol–water partition coefficient (Wildman–Crippen LogP) is 1.29. The number of sulfonamides is 1. The number of piperidine rings is 1. The largest absolute Gasteiger partial charge is 0.497 e. The fourth-order valence-corrected chi connectivity index (χ4v) is 4.09. The number of halogens is 1. The molecule has 1 aliphatic heterocycles. The molecular formula is C17H28ClN3O4S. The molecule has 26 heavy (non-hydrogen) atoms. The quantitative estimate of drug-likeness (QED) is 0.635. The molecule has 0 spiro atoms. The van der Waals surface area contributed by atoms with Crippen LogP contribution >= 0.6 is 12.4 Å². The Bertz CT molecular complexity index is 674. The smallest absolute Gasteiger partial charge is 0.241 e. The van der Waals surface area contributed by atoms with Crippen molar-refractivity contribution >= 4 is 28.3 Å². The van der Waals surface area contributed by atoms with Gasteiger partial charge in [0.1, 0.15) is 11.8 Å². The van der Waals surface area contributed by atoms with Gasteiger partial charge in [-0.25, -0.2) is 8.42 Å². The maximum Gasteiger partial charge on any atom is 0.241 e. The number of benzene rings is 1. The van der Waals surface area contributed by atoms with Gasteiger partial charge in [0.2, 0.25) is 15.9 Å². The van der Waals surface area contributed by atoms with Gasteiger partial charge in [-0.05, 0) is 49.6 Å². The van der Waals surface area contributed by atoms with Gasteiger partial charge < -0.3 is 15.4 Å². The summed E-state index contributed by atoms with van der Waals surface area (Å²) in [5.41, 5.74) is 0. The van der Waals surface area contributed by atoms with Crippen molar-refractivity contribution in [1.82, 2.24) is 15.4 Å². The Balaban J connectivity index is 0.00000338. The van der Waals surface area contributed by atoms with Crippen LogP contribution in [0.4, 0.5) is 0 Å². The molecule has 1 unspecified atom stereocenters. The van der Waals surface area contributed by atoms with Crippen LogP contribution in [0.25, 0.3) is 0 Å². The molecule has 0 bridgehead atoms. The Kier molecular flexibility index (Phi) is 8.82. The molecule has 7 nitrogen and oxygen atoms in total. The number of rotatable bonds is 7. The zero-order valence-corrected chi connectivity index (χ0v) is 17.0. The molecule has 148 valence electrons. The SMILES string of the molecule is COc1ccc(S(=O)(=O)NC(C(=O)N[C@H]2CCCNC2)C(C)C)cc1.Cl. The lowest BCUT2D eigenvalue weighted by atomic mass is 10.0. The molecule has 1 fully saturated rings. The number of carbonyl (C=O) groups excluding carboxylic acids is 1. The second-order valence-electron chi connectivity index (χ2n) is 6.57. The zero-order valence-electron chi connectivity index (χ0n) is 15.3. The van der Waals surface area contributed by atoms with Crippen LogP contribution in [0.5, 0.6) is 5.75 Å². The van der Waals surface area contributed by atoms with Crippen LogP contribution in [0.3, 0.4) is 0 Å². The molecule has 1 heterocycles. The number of nitrogens with one attached hydrogen (secondary N) is 3. The van der Waals surface area contributed by atoms with Crippen LogP contribution in [0.2, 0.25) is 0 Å². The first-order valence-corrected chi connectivity index (χ1v) is 9.99. The van der Waals surface area contributed by atoms with Crippen molar-refractivity contribution < 1.29 is 17.9 Å². The van der Waals surface area contributed by atoms with E-state index < -0.39 is 16.1 Å². The highest BCUT2D eigenvalue weighted by Crippen LogP contribution is 2.17. The molecule has 2 atom stereocenters. The Hall–Kier alpha value is -1.35. The molecule has 1 aromatic rings. The van der Waals surface area contributed by atoms with E-state index in [0.29, 0.717) is 12.3 Å². The highest BCUT2D eigenvalue weighted by molar-refractivity contribution is 7.89. The second kappa shape index (κ2) is 10.1. The third kappa shape index (κ3) is 6.12. The van der Waals surface area contributed by atoms with Crippen LogP contribution in [-0.4, -0.2) is 46.6 Å². The van der Waals surface area contributed by atoms with Crippen LogP contribution in [0.1, 0.15) is 26.7 Å². The molecule has 3 N–H and O–H groups in total. The van der Waals surface area contributed by atoms with Crippen LogP contribution < -0.4 is 20.1 Å². The van der Waals surface area contributed by atoms with E-state index in [9.17, 15) is 13.2 Å². The van der Waals surface area contributed by atoms with Gasteiger partial charge in [-0.2, -0.15) is 4.72 Å². The standard InChI is InChI=1S/C17H27N3O4S.ClH/c1-12(2)16(17(21)19-13-5-4-10-18-11-13)20-25(22,23)15-8-6-14(24-3)7-9-15;/h6-9,12-13,16,18,20H,4-5,10-11H2,1-3H3,(H,19,21);1H/t13-,16?;/m0./s1. The molecule has 0 aliphatic carbocycles. The highest BCUT2D eigenvalue weighted by Gasteiger charge is 2.30.